The van der Waals surface area contributed by atoms with Gasteiger partial charge >= 0.3 is 6.09 Å². The number of unbranched alkanes of at least 4 members (excludes halogenated alkanes) is 2. The lowest BCUT2D eigenvalue weighted by Gasteiger charge is -2.35. The molecule has 2 rings (SSSR count). The number of phenolic OH excluding ortho intramolecular Hbond substituents is 1. The number of phenols is 1. The fraction of sp³-hybridized carbons (Fsp3) is 0.531. The highest BCUT2D eigenvalue weighted by atomic mass is 16.6. The van der Waals surface area contributed by atoms with Gasteiger partial charge in [0.2, 0.25) is 5.91 Å². The number of benzene rings is 2. The van der Waals surface area contributed by atoms with Gasteiger partial charge in [0, 0.05) is 17.8 Å². The zero-order chi connectivity index (χ0) is 30.0. The van der Waals surface area contributed by atoms with Crippen molar-refractivity contribution in [2.45, 2.75) is 98.8 Å². The second-order valence-corrected chi connectivity index (χ2v) is 11.8. The first-order valence-electron chi connectivity index (χ1n) is 14.2. The zero-order valence-electron chi connectivity index (χ0n) is 25.3. The van der Waals surface area contributed by atoms with E-state index in [4.69, 9.17) is 4.74 Å². The first kappa shape index (κ1) is 32.7. The summed E-state index contributed by atoms with van der Waals surface area (Å²) in [6, 6.07) is 10.5. The Hall–Kier alpha value is -3.55. The number of rotatable bonds is 12. The number of hydrogen-bond acceptors (Lipinski definition) is 5. The van der Waals surface area contributed by atoms with Crippen LogP contribution in [0.2, 0.25) is 0 Å². The van der Waals surface area contributed by atoms with Gasteiger partial charge in [-0.05, 0) is 70.6 Å². The average Bonchev–Trinajstić information content (AvgIpc) is 2.85. The van der Waals surface area contributed by atoms with Crippen molar-refractivity contribution < 1.29 is 24.2 Å². The number of carbonyl (C=O) groups is 3. The van der Waals surface area contributed by atoms with Gasteiger partial charge < -0.3 is 25.4 Å². The molecule has 0 bridgehead atoms. The van der Waals surface area contributed by atoms with Gasteiger partial charge in [0.1, 0.15) is 23.4 Å². The van der Waals surface area contributed by atoms with Crippen LogP contribution < -0.4 is 10.6 Å². The number of anilines is 1. The number of ether oxygens (including phenoxy) is 1. The molecule has 0 aliphatic rings. The molecule has 8 nitrogen and oxygen atoms in total. The molecule has 220 valence electrons. The van der Waals surface area contributed by atoms with Crippen molar-refractivity contribution in [1.29, 1.82) is 0 Å². The number of hydrogen-bond donors (Lipinski definition) is 3. The largest absolute Gasteiger partial charge is 0.507 e. The third-order valence-electron chi connectivity index (χ3n) is 6.51. The number of aryl methyl sites for hydroxylation is 2. The van der Waals surface area contributed by atoms with Crippen molar-refractivity contribution in [1.82, 2.24) is 10.2 Å². The van der Waals surface area contributed by atoms with Gasteiger partial charge in [-0.3, -0.25) is 9.59 Å². The van der Waals surface area contributed by atoms with Crippen LogP contribution in [0.1, 0.15) is 90.0 Å². The van der Waals surface area contributed by atoms with Crippen LogP contribution in [-0.2, 0) is 14.3 Å². The summed E-state index contributed by atoms with van der Waals surface area (Å²) in [4.78, 5) is 42.6. The van der Waals surface area contributed by atoms with Crippen LogP contribution in [0.3, 0.4) is 0 Å². The van der Waals surface area contributed by atoms with Gasteiger partial charge in [0.15, 0.2) is 0 Å². The molecule has 0 fully saturated rings. The Morgan fingerprint density at radius 3 is 2.23 bits per heavy atom. The van der Waals surface area contributed by atoms with Gasteiger partial charge in [0.05, 0.1) is 0 Å². The lowest BCUT2D eigenvalue weighted by molar-refractivity contribution is -0.141. The van der Waals surface area contributed by atoms with Crippen molar-refractivity contribution in [3.05, 3.63) is 59.2 Å². The quantitative estimate of drug-likeness (QED) is 0.255. The second-order valence-electron chi connectivity index (χ2n) is 11.8. The third-order valence-corrected chi connectivity index (χ3v) is 6.51. The molecule has 0 radical (unpaired) electrons. The van der Waals surface area contributed by atoms with Crippen LogP contribution in [0.5, 0.6) is 5.75 Å². The first-order valence-corrected chi connectivity index (χ1v) is 14.2. The van der Waals surface area contributed by atoms with Crippen LogP contribution in [0.25, 0.3) is 0 Å². The van der Waals surface area contributed by atoms with Crippen molar-refractivity contribution in [3.8, 4) is 5.75 Å². The van der Waals surface area contributed by atoms with E-state index in [1.807, 2.05) is 39.0 Å². The van der Waals surface area contributed by atoms with E-state index in [-0.39, 0.29) is 18.2 Å². The molecular weight excluding hydrogens is 506 g/mol. The molecule has 2 atom stereocenters. The number of alkyl carbamates (subject to hydrolysis) is 1. The van der Waals surface area contributed by atoms with Crippen LogP contribution in [0.15, 0.2) is 42.5 Å². The van der Waals surface area contributed by atoms with E-state index in [2.05, 4.69) is 17.6 Å². The summed E-state index contributed by atoms with van der Waals surface area (Å²) in [6.07, 6.45) is 2.09. The Morgan fingerprint density at radius 1 is 0.975 bits per heavy atom. The van der Waals surface area contributed by atoms with E-state index < -0.39 is 35.6 Å². The molecule has 0 saturated heterocycles. The molecule has 40 heavy (non-hydrogen) atoms. The van der Waals surface area contributed by atoms with E-state index in [0.717, 1.165) is 18.4 Å². The van der Waals surface area contributed by atoms with Crippen molar-refractivity contribution in [2.75, 3.05) is 11.9 Å². The summed E-state index contributed by atoms with van der Waals surface area (Å²) >= 11 is 0. The molecule has 2 unspecified atom stereocenters. The van der Waals surface area contributed by atoms with Crippen LogP contribution >= 0.6 is 0 Å². The average molecular weight is 554 g/mol. The maximum atomic E-state index is 14.3. The van der Waals surface area contributed by atoms with E-state index >= 15 is 0 Å². The Bertz CT molecular complexity index is 1160. The summed E-state index contributed by atoms with van der Waals surface area (Å²) in [5.74, 6) is -0.809. The number of carbonyl (C=O) groups excluding carboxylic acids is 3. The predicted molar refractivity (Wildman–Crippen MR) is 159 cm³/mol. The maximum Gasteiger partial charge on any atom is 0.408 e. The number of nitrogens with one attached hydrogen (secondary N) is 2. The Kier molecular flexibility index (Phi) is 12.0. The Balaban J connectivity index is 2.61. The van der Waals surface area contributed by atoms with E-state index in [1.165, 1.54) is 4.90 Å². The molecule has 3 N–H and O–H groups in total. The molecule has 0 heterocycles. The monoisotopic (exact) mass is 553 g/mol. The maximum absolute atomic E-state index is 14.3. The SMILES string of the molecule is CCCCCN(C(=O)C(CC(C)C)NC(=O)OC(C)(C)C)C(C(=O)Nc1ccccc1C)c1cccc(C)c1O. The van der Waals surface area contributed by atoms with Crippen LogP contribution in [0, 0.1) is 19.8 Å². The molecule has 2 aromatic rings. The summed E-state index contributed by atoms with van der Waals surface area (Å²) in [7, 11) is 0. The van der Waals surface area contributed by atoms with Crippen LogP contribution in [-0.4, -0.2) is 46.1 Å². The minimum Gasteiger partial charge on any atom is -0.507 e. The van der Waals surface area contributed by atoms with Crippen molar-refractivity contribution in [3.63, 3.8) is 0 Å². The zero-order valence-corrected chi connectivity index (χ0v) is 25.3. The third kappa shape index (κ3) is 9.57. The number of amides is 3. The summed E-state index contributed by atoms with van der Waals surface area (Å²) < 4.78 is 5.46. The highest BCUT2D eigenvalue weighted by molar-refractivity contribution is 5.99. The summed E-state index contributed by atoms with van der Waals surface area (Å²) in [6.45, 7) is 15.2. The molecule has 0 saturated carbocycles. The minimum absolute atomic E-state index is 0.0405. The van der Waals surface area contributed by atoms with Gasteiger partial charge in [-0.25, -0.2) is 4.79 Å². The highest BCUT2D eigenvalue weighted by Gasteiger charge is 2.38. The molecule has 3 amide bonds. The lowest BCUT2D eigenvalue weighted by atomic mass is 9.97. The normalized spacial score (nSPS) is 12.9. The Labute approximate surface area is 239 Å². The minimum atomic E-state index is -1.13. The topological polar surface area (TPSA) is 108 Å². The Morgan fingerprint density at radius 2 is 1.62 bits per heavy atom. The second kappa shape index (κ2) is 14.7. The van der Waals surface area contributed by atoms with Gasteiger partial charge in [0.25, 0.3) is 5.91 Å². The molecule has 2 aromatic carbocycles. The number of nitrogens with zero attached hydrogens (tertiary/aromatic N) is 1. The van der Waals surface area contributed by atoms with Crippen molar-refractivity contribution >= 4 is 23.6 Å². The van der Waals surface area contributed by atoms with Crippen LogP contribution in [0.4, 0.5) is 10.5 Å². The summed E-state index contributed by atoms with van der Waals surface area (Å²) in [5, 5.41) is 16.8. The van der Waals surface area contributed by atoms with Gasteiger partial charge in [-0.15, -0.1) is 0 Å². The number of aromatic hydroxyl groups is 1. The predicted octanol–water partition coefficient (Wildman–Crippen LogP) is 6.65. The van der Waals surface area contributed by atoms with Gasteiger partial charge in [-0.2, -0.15) is 0 Å². The highest BCUT2D eigenvalue weighted by Crippen LogP contribution is 2.34. The van der Waals surface area contributed by atoms with E-state index in [0.29, 0.717) is 29.7 Å². The molecule has 0 spiro atoms. The molecule has 8 heteroatoms. The van der Waals surface area contributed by atoms with E-state index in [9.17, 15) is 19.5 Å². The first-order chi connectivity index (χ1) is 18.7. The summed E-state index contributed by atoms with van der Waals surface area (Å²) in [5.41, 5.74) is 1.68. The smallest absolute Gasteiger partial charge is 0.408 e. The van der Waals surface area contributed by atoms with Gasteiger partial charge in [-0.1, -0.05) is 70.0 Å². The molecule has 0 aliphatic carbocycles. The van der Waals surface area contributed by atoms with E-state index in [1.54, 1.807) is 52.0 Å². The molecule has 0 aliphatic heterocycles. The standard InChI is InChI=1S/C32H47N3O5/c1-9-10-13-19-35(30(38)26(20-21(2)3)34-31(39)40-32(6,7)8)27(24-17-14-16-23(5)28(24)36)29(37)33-25-18-12-11-15-22(25)4/h11-12,14-18,21,26-27,36H,9-10,13,19-20H2,1-8H3,(H,33,37)(H,34,39). The molecule has 0 aromatic heterocycles. The number of para-hydroxylation sites is 2. The lowest BCUT2D eigenvalue weighted by Crippen LogP contribution is -2.53. The fourth-order valence-corrected chi connectivity index (χ4v) is 4.51. The van der Waals surface area contributed by atoms with Crippen molar-refractivity contribution in [2.24, 2.45) is 5.92 Å². The molecular formula is C32H47N3O5. The fourth-order valence-electron chi connectivity index (χ4n) is 4.51.